The fraction of sp³-hybridized carbons (Fsp3) is 0.188. The Morgan fingerprint density at radius 3 is 2.83 bits per heavy atom. The van der Waals surface area contributed by atoms with Crippen LogP contribution in [0.5, 0.6) is 0 Å². The number of anilines is 1. The minimum absolute atomic E-state index is 0.162. The molecule has 0 bridgehead atoms. The molecule has 24 heavy (non-hydrogen) atoms. The minimum atomic E-state index is -0.211. The van der Waals surface area contributed by atoms with E-state index < -0.39 is 0 Å². The third-order valence-corrected chi connectivity index (χ3v) is 4.33. The predicted molar refractivity (Wildman–Crippen MR) is 92.6 cm³/mol. The van der Waals surface area contributed by atoms with E-state index in [2.05, 4.69) is 25.3 Å². The topological polar surface area (TPSA) is 107 Å². The quantitative estimate of drug-likeness (QED) is 0.734. The number of nitrogens with two attached hydrogens (primary N) is 1. The summed E-state index contributed by atoms with van der Waals surface area (Å²) in [5.74, 6) is -0.0488. The largest absolute Gasteiger partial charge is 0.368 e. The van der Waals surface area contributed by atoms with Gasteiger partial charge in [0.05, 0.1) is 17.0 Å². The van der Waals surface area contributed by atoms with Gasteiger partial charge in [-0.05, 0) is 19.1 Å². The Labute approximate surface area is 143 Å². The maximum absolute atomic E-state index is 12.1. The molecule has 8 heteroatoms. The number of amides is 1. The molecule has 0 fully saturated rings. The molecule has 0 aliphatic rings. The van der Waals surface area contributed by atoms with Crippen LogP contribution in [0.25, 0.3) is 10.6 Å². The van der Waals surface area contributed by atoms with E-state index in [1.54, 1.807) is 30.7 Å². The molecule has 0 aliphatic carbocycles. The highest BCUT2D eigenvalue weighted by Crippen LogP contribution is 2.22. The summed E-state index contributed by atoms with van der Waals surface area (Å²) in [4.78, 5) is 28.6. The van der Waals surface area contributed by atoms with E-state index in [-0.39, 0.29) is 11.9 Å². The van der Waals surface area contributed by atoms with E-state index in [1.807, 2.05) is 17.5 Å². The van der Waals surface area contributed by atoms with E-state index in [1.165, 1.54) is 6.20 Å². The van der Waals surface area contributed by atoms with Gasteiger partial charge in [-0.2, -0.15) is 0 Å². The number of hydrogen-bond acceptors (Lipinski definition) is 7. The standard InChI is InChI=1S/C16H16N6OS/c1-10-13(8-20-16(17)21-10)14(23)19-7-4-12-9-24-15(22-12)11-2-5-18-6-3-11/h2-3,5-6,8-9H,4,7H2,1H3,(H,19,23)(H2,17,20,21). The van der Waals surface area contributed by atoms with Crippen molar-refractivity contribution in [1.82, 2.24) is 25.3 Å². The lowest BCUT2D eigenvalue weighted by Gasteiger charge is -2.06. The average Bonchev–Trinajstić information content (AvgIpc) is 3.04. The highest BCUT2D eigenvalue weighted by molar-refractivity contribution is 7.13. The summed E-state index contributed by atoms with van der Waals surface area (Å²) >= 11 is 1.58. The number of thiazole rings is 1. The number of pyridine rings is 1. The molecule has 122 valence electrons. The lowest BCUT2D eigenvalue weighted by Crippen LogP contribution is -2.27. The fourth-order valence-corrected chi connectivity index (χ4v) is 3.02. The third kappa shape index (κ3) is 3.72. The van der Waals surface area contributed by atoms with Crippen LogP contribution in [0.2, 0.25) is 0 Å². The van der Waals surface area contributed by atoms with Gasteiger partial charge in [-0.25, -0.2) is 15.0 Å². The molecule has 0 spiro atoms. The molecule has 3 heterocycles. The van der Waals surface area contributed by atoms with Crippen molar-refractivity contribution in [1.29, 1.82) is 0 Å². The Morgan fingerprint density at radius 1 is 1.29 bits per heavy atom. The Balaban J connectivity index is 1.57. The van der Waals surface area contributed by atoms with Gasteiger partial charge in [0.15, 0.2) is 0 Å². The minimum Gasteiger partial charge on any atom is -0.368 e. The Bertz CT molecular complexity index is 849. The van der Waals surface area contributed by atoms with Crippen molar-refractivity contribution in [3.8, 4) is 10.6 Å². The smallest absolute Gasteiger partial charge is 0.254 e. The van der Waals surface area contributed by atoms with Gasteiger partial charge in [-0.1, -0.05) is 0 Å². The summed E-state index contributed by atoms with van der Waals surface area (Å²) in [6, 6.07) is 3.85. The van der Waals surface area contributed by atoms with Gasteiger partial charge >= 0.3 is 0 Å². The molecule has 0 saturated carbocycles. The van der Waals surface area contributed by atoms with Gasteiger partial charge in [0.1, 0.15) is 5.01 Å². The van der Waals surface area contributed by atoms with Crippen LogP contribution in [0.15, 0.2) is 36.1 Å². The highest BCUT2D eigenvalue weighted by Gasteiger charge is 2.11. The predicted octanol–water partition coefficient (Wildman–Crippen LogP) is 1.86. The van der Waals surface area contributed by atoms with Crippen LogP contribution in [0.1, 0.15) is 21.7 Å². The van der Waals surface area contributed by atoms with Crippen LogP contribution < -0.4 is 11.1 Å². The first kappa shape index (κ1) is 16.0. The molecule has 3 aromatic rings. The van der Waals surface area contributed by atoms with E-state index in [9.17, 15) is 4.79 Å². The molecular weight excluding hydrogens is 324 g/mol. The van der Waals surface area contributed by atoms with Crippen LogP contribution in [-0.2, 0) is 6.42 Å². The van der Waals surface area contributed by atoms with Gasteiger partial charge in [-0.3, -0.25) is 9.78 Å². The van der Waals surface area contributed by atoms with Crippen molar-refractivity contribution in [3.63, 3.8) is 0 Å². The number of nitrogens with zero attached hydrogens (tertiary/aromatic N) is 4. The molecule has 3 aromatic heterocycles. The van der Waals surface area contributed by atoms with Crippen LogP contribution in [0.3, 0.4) is 0 Å². The average molecular weight is 340 g/mol. The number of nitrogens with one attached hydrogen (secondary N) is 1. The summed E-state index contributed by atoms with van der Waals surface area (Å²) in [5, 5.41) is 5.80. The lowest BCUT2D eigenvalue weighted by molar-refractivity contribution is 0.0952. The summed E-state index contributed by atoms with van der Waals surface area (Å²) in [5.41, 5.74) is 8.47. The molecule has 7 nitrogen and oxygen atoms in total. The monoisotopic (exact) mass is 340 g/mol. The highest BCUT2D eigenvalue weighted by atomic mass is 32.1. The Hall–Kier alpha value is -2.87. The summed E-state index contributed by atoms with van der Waals surface area (Å²) in [6.07, 6.45) is 5.58. The van der Waals surface area contributed by atoms with Crippen molar-refractivity contribution in [2.24, 2.45) is 0 Å². The summed E-state index contributed by atoms with van der Waals surface area (Å²) in [7, 11) is 0. The van der Waals surface area contributed by atoms with Crippen LogP contribution in [0.4, 0.5) is 5.95 Å². The molecule has 0 aliphatic heterocycles. The second kappa shape index (κ2) is 7.14. The summed E-state index contributed by atoms with van der Waals surface area (Å²) in [6.45, 7) is 2.22. The number of hydrogen-bond donors (Lipinski definition) is 2. The molecule has 0 saturated heterocycles. The number of carbonyl (C=O) groups is 1. The SMILES string of the molecule is Cc1nc(N)ncc1C(=O)NCCc1csc(-c2ccncc2)n1. The van der Waals surface area contributed by atoms with E-state index in [0.29, 0.717) is 24.2 Å². The zero-order valence-corrected chi connectivity index (χ0v) is 13.9. The zero-order valence-electron chi connectivity index (χ0n) is 13.1. The second-order valence-electron chi connectivity index (χ2n) is 5.11. The van der Waals surface area contributed by atoms with Crippen molar-refractivity contribution in [2.75, 3.05) is 12.3 Å². The molecule has 3 rings (SSSR count). The lowest BCUT2D eigenvalue weighted by atomic mass is 10.2. The first-order chi connectivity index (χ1) is 11.6. The maximum atomic E-state index is 12.1. The Morgan fingerprint density at radius 2 is 2.08 bits per heavy atom. The molecular formula is C16H16N6OS. The number of rotatable bonds is 5. The van der Waals surface area contributed by atoms with E-state index in [0.717, 1.165) is 16.3 Å². The second-order valence-corrected chi connectivity index (χ2v) is 5.97. The fourth-order valence-electron chi connectivity index (χ4n) is 2.16. The molecule has 0 atom stereocenters. The zero-order chi connectivity index (χ0) is 16.9. The number of nitrogen functional groups attached to an aromatic ring is 1. The van der Waals surface area contributed by atoms with Gasteiger partial charge in [0.2, 0.25) is 5.95 Å². The number of carbonyl (C=O) groups excluding carboxylic acids is 1. The van der Waals surface area contributed by atoms with E-state index >= 15 is 0 Å². The molecule has 3 N–H and O–H groups in total. The van der Waals surface area contributed by atoms with Gasteiger partial charge in [-0.15, -0.1) is 11.3 Å². The Kier molecular flexibility index (Phi) is 4.76. The molecule has 0 aromatic carbocycles. The van der Waals surface area contributed by atoms with Crippen molar-refractivity contribution >= 4 is 23.2 Å². The van der Waals surface area contributed by atoms with Gasteiger partial charge < -0.3 is 11.1 Å². The molecule has 1 amide bonds. The number of aromatic nitrogens is 4. The molecule has 0 radical (unpaired) electrons. The van der Waals surface area contributed by atoms with Crippen LogP contribution in [-0.4, -0.2) is 32.4 Å². The van der Waals surface area contributed by atoms with Crippen molar-refractivity contribution in [3.05, 3.63) is 53.1 Å². The van der Waals surface area contributed by atoms with Crippen molar-refractivity contribution < 1.29 is 4.79 Å². The normalized spacial score (nSPS) is 10.5. The molecule has 0 unspecified atom stereocenters. The number of aryl methyl sites for hydroxylation is 1. The van der Waals surface area contributed by atoms with Gasteiger partial charge in [0.25, 0.3) is 5.91 Å². The first-order valence-corrected chi connectivity index (χ1v) is 8.23. The van der Waals surface area contributed by atoms with Crippen LogP contribution >= 0.6 is 11.3 Å². The van der Waals surface area contributed by atoms with E-state index in [4.69, 9.17) is 5.73 Å². The maximum Gasteiger partial charge on any atom is 0.254 e. The van der Waals surface area contributed by atoms with Gasteiger partial charge in [0, 0.05) is 42.5 Å². The summed E-state index contributed by atoms with van der Waals surface area (Å²) < 4.78 is 0. The van der Waals surface area contributed by atoms with Crippen molar-refractivity contribution in [2.45, 2.75) is 13.3 Å². The third-order valence-electron chi connectivity index (χ3n) is 3.39. The van der Waals surface area contributed by atoms with Crippen LogP contribution in [0, 0.1) is 6.92 Å². The first-order valence-electron chi connectivity index (χ1n) is 7.35.